The van der Waals surface area contributed by atoms with E-state index in [-0.39, 0.29) is 17.0 Å². The Hall–Kier alpha value is -2.83. The highest BCUT2D eigenvalue weighted by molar-refractivity contribution is 5.99. The van der Waals surface area contributed by atoms with Crippen LogP contribution in [0, 0.1) is 21.7 Å². The quantitative estimate of drug-likeness (QED) is 0.481. The second kappa shape index (κ2) is 6.30. The minimum atomic E-state index is -1.12. The van der Waals surface area contributed by atoms with Gasteiger partial charge in [0.25, 0.3) is 5.69 Å². The van der Waals surface area contributed by atoms with Crippen LogP contribution < -0.4 is 4.74 Å². The minimum Gasteiger partial charge on any atom is -0.483 e. The van der Waals surface area contributed by atoms with Gasteiger partial charge in [-0.3, -0.25) is 14.9 Å². The molecule has 1 unspecified atom stereocenters. The fraction of sp³-hybridized carbons (Fsp3) is 0.133. The molecule has 0 N–H and O–H groups in total. The van der Waals surface area contributed by atoms with Crippen molar-refractivity contribution in [2.75, 3.05) is 0 Å². The van der Waals surface area contributed by atoms with Crippen LogP contribution >= 0.6 is 0 Å². The van der Waals surface area contributed by atoms with Crippen LogP contribution in [0.5, 0.6) is 5.75 Å². The normalized spacial score (nSPS) is 11.8. The number of Topliss-reactive ketones (excluding diaryl/α,β-unsaturated/α-hetero) is 1. The lowest BCUT2D eigenvalue weighted by Crippen LogP contribution is -2.24. The van der Waals surface area contributed by atoms with E-state index >= 15 is 0 Å². The molecule has 2 aromatic carbocycles. The summed E-state index contributed by atoms with van der Waals surface area (Å²) in [7, 11) is 0. The summed E-state index contributed by atoms with van der Waals surface area (Å²) in [5.41, 5.74) is -0.125. The fourth-order valence-electron chi connectivity index (χ4n) is 1.79. The summed E-state index contributed by atoms with van der Waals surface area (Å²) in [4.78, 5) is 22.0. The van der Waals surface area contributed by atoms with Gasteiger partial charge in [-0.15, -0.1) is 0 Å². The number of hydrogen-bond donors (Lipinski definition) is 0. The monoisotopic (exact) mass is 307 g/mol. The molecule has 2 rings (SSSR count). The lowest BCUT2D eigenvalue weighted by molar-refractivity contribution is -0.384. The predicted octanol–water partition coefficient (Wildman–Crippen LogP) is 3.52. The predicted molar refractivity (Wildman–Crippen MR) is 73.9 cm³/mol. The molecule has 0 bridgehead atoms. The molecule has 0 heterocycles. The number of nitrogens with zero attached hydrogens (tertiary/aromatic N) is 1. The summed E-state index contributed by atoms with van der Waals surface area (Å²) in [5, 5.41) is 10.5. The third-order valence-electron chi connectivity index (χ3n) is 2.93. The van der Waals surface area contributed by atoms with Crippen LogP contribution in [0.2, 0.25) is 0 Å². The summed E-state index contributed by atoms with van der Waals surface area (Å²) < 4.78 is 31.3. The maximum Gasteiger partial charge on any atom is 0.269 e. The number of ether oxygens (including phenoxy) is 1. The van der Waals surface area contributed by atoms with Gasteiger partial charge in [0.15, 0.2) is 17.7 Å². The molecule has 0 aromatic heterocycles. The number of nitro groups is 1. The van der Waals surface area contributed by atoms with Gasteiger partial charge in [0.1, 0.15) is 5.75 Å². The SMILES string of the molecule is CC(Oc1ccc([N+](=O)[O-])cc1)C(=O)c1ccc(F)c(F)c1. The Labute approximate surface area is 124 Å². The number of carbonyl (C=O) groups is 1. The van der Waals surface area contributed by atoms with Crippen molar-refractivity contribution in [2.24, 2.45) is 0 Å². The molecule has 0 aliphatic rings. The van der Waals surface area contributed by atoms with Crippen LogP contribution in [-0.4, -0.2) is 16.8 Å². The second-order valence-electron chi connectivity index (χ2n) is 4.50. The molecule has 0 amide bonds. The highest BCUT2D eigenvalue weighted by Crippen LogP contribution is 2.20. The van der Waals surface area contributed by atoms with Gasteiger partial charge in [-0.05, 0) is 37.3 Å². The minimum absolute atomic E-state index is 0.0201. The second-order valence-corrected chi connectivity index (χ2v) is 4.50. The Balaban J connectivity index is 2.10. The van der Waals surface area contributed by atoms with Crippen molar-refractivity contribution in [1.29, 1.82) is 0 Å². The number of ketones is 1. The van der Waals surface area contributed by atoms with Gasteiger partial charge in [0.05, 0.1) is 4.92 Å². The van der Waals surface area contributed by atoms with Gasteiger partial charge >= 0.3 is 0 Å². The Bertz CT molecular complexity index is 716. The third kappa shape index (κ3) is 3.43. The average Bonchev–Trinajstić information content (AvgIpc) is 2.49. The smallest absolute Gasteiger partial charge is 0.269 e. The number of carbonyl (C=O) groups excluding carboxylic acids is 1. The van der Waals surface area contributed by atoms with Gasteiger partial charge in [-0.25, -0.2) is 8.78 Å². The van der Waals surface area contributed by atoms with Crippen LogP contribution in [0.4, 0.5) is 14.5 Å². The van der Waals surface area contributed by atoms with E-state index in [0.29, 0.717) is 0 Å². The van der Waals surface area contributed by atoms with Crippen molar-refractivity contribution < 1.29 is 23.2 Å². The lowest BCUT2D eigenvalue weighted by Gasteiger charge is -2.13. The Morgan fingerprint density at radius 3 is 2.32 bits per heavy atom. The zero-order valence-corrected chi connectivity index (χ0v) is 11.5. The number of non-ortho nitro benzene ring substituents is 1. The Morgan fingerprint density at radius 2 is 1.77 bits per heavy atom. The van der Waals surface area contributed by atoms with E-state index in [2.05, 4.69) is 0 Å². The Kier molecular flexibility index (Phi) is 4.45. The zero-order valence-electron chi connectivity index (χ0n) is 11.5. The molecule has 0 aliphatic heterocycles. The summed E-state index contributed by atoms with van der Waals surface area (Å²) in [6, 6.07) is 8.01. The van der Waals surface area contributed by atoms with E-state index in [4.69, 9.17) is 4.74 Å². The van der Waals surface area contributed by atoms with Gasteiger partial charge in [-0.1, -0.05) is 0 Å². The molecular formula is C15H11F2NO4. The van der Waals surface area contributed by atoms with Crippen molar-refractivity contribution in [3.8, 4) is 5.75 Å². The van der Waals surface area contributed by atoms with Crippen LogP contribution in [0.1, 0.15) is 17.3 Å². The molecule has 0 aliphatic carbocycles. The molecule has 7 heteroatoms. The van der Waals surface area contributed by atoms with Crippen molar-refractivity contribution in [3.05, 3.63) is 69.8 Å². The zero-order chi connectivity index (χ0) is 16.3. The van der Waals surface area contributed by atoms with Crippen LogP contribution in [0.15, 0.2) is 42.5 Å². The van der Waals surface area contributed by atoms with Crippen molar-refractivity contribution in [2.45, 2.75) is 13.0 Å². The molecule has 0 saturated carbocycles. The maximum atomic E-state index is 13.1. The first-order valence-corrected chi connectivity index (χ1v) is 6.29. The van der Waals surface area contributed by atoms with E-state index in [9.17, 15) is 23.7 Å². The summed E-state index contributed by atoms with van der Waals surface area (Å²) in [5.74, 6) is -2.43. The molecule has 114 valence electrons. The Morgan fingerprint density at radius 1 is 1.14 bits per heavy atom. The number of halogens is 2. The molecule has 5 nitrogen and oxygen atoms in total. The number of hydrogen-bond acceptors (Lipinski definition) is 4. The van der Waals surface area contributed by atoms with Crippen LogP contribution in [0.3, 0.4) is 0 Å². The van der Waals surface area contributed by atoms with Gasteiger partial charge < -0.3 is 4.74 Å². The average molecular weight is 307 g/mol. The maximum absolute atomic E-state index is 13.1. The van der Waals surface area contributed by atoms with Crippen molar-refractivity contribution >= 4 is 11.5 Å². The molecule has 0 radical (unpaired) electrons. The van der Waals surface area contributed by atoms with E-state index in [1.807, 2.05) is 0 Å². The fourth-order valence-corrected chi connectivity index (χ4v) is 1.79. The third-order valence-corrected chi connectivity index (χ3v) is 2.93. The summed E-state index contributed by atoms with van der Waals surface area (Å²) >= 11 is 0. The first kappa shape index (κ1) is 15.6. The molecule has 0 spiro atoms. The topological polar surface area (TPSA) is 69.4 Å². The highest BCUT2D eigenvalue weighted by atomic mass is 19.2. The van der Waals surface area contributed by atoms with Gasteiger partial charge in [0, 0.05) is 17.7 Å². The first-order chi connectivity index (χ1) is 10.4. The molecule has 1 atom stereocenters. The standard InChI is InChI=1S/C15H11F2NO4/c1-9(15(19)10-2-7-13(16)14(17)8-10)22-12-5-3-11(4-6-12)18(20)21/h2-9H,1H3. The summed E-state index contributed by atoms with van der Waals surface area (Å²) in [6.07, 6.45) is -0.952. The van der Waals surface area contributed by atoms with E-state index < -0.39 is 28.4 Å². The lowest BCUT2D eigenvalue weighted by atomic mass is 10.1. The van der Waals surface area contributed by atoms with Crippen LogP contribution in [0.25, 0.3) is 0 Å². The molecule has 0 fully saturated rings. The van der Waals surface area contributed by atoms with E-state index in [0.717, 1.165) is 18.2 Å². The molecule has 22 heavy (non-hydrogen) atoms. The highest BCUT2D eigenvalue weighted by Gasteiger charge is 2.19. The largest absolute Gasteiger partial charge is 0.483 e. The van der Waals surface area contributed by atoms with E-state index in [1.54, 1.807) is 0 Å². The molecule has 2 aromatic rings. The first-order valence-electron chi connectivity index (χ1n) is 6.29. The number of rotatable bonds is 5. The van der Waals surface area contributed by atoms with Gasteiger partial charge in [0.2, 0.25) is 5.78 Å². The van der Waals surface area contributed by atoms with E-state index in [1.165, 1.54) is 31.2 Å². The number of benzene rings is 2. The number of nitro benzene ring substituents is 1. The molecule has 0 saturated heterocycles. The summed E-state index contributed by atoms with van der Waals surface area (Å²) in [6.45, 7) is 1.45. The van der Waals surface area contributed by atoms with Gasteiger partial charge in [-0.2, -0.15) is 0 Å². The molecular weight excluding hydrogens is 296 g/mol. The van der Waals surface area contributed by atoms with Crippen molar-refractivity contribution in [3.63, 3.8) is 0 Å². The van der Waals surface area contributed by atoms with Crippen molar-refractivity contribution in [1.82, 2.24) is 0 Å². The van der Waals surface area contributed by atoms with Crippen LogP contribution in [-0.2, 0) is 0 Å².